The van der Waals surface area contributed by atoms with Crippen molar-refractivity contribution < 1.29 is 32.0 Å². The van der Waals surface area contributed by atoms with Crippen molar-refractivity contribution in [3.05, 3.63) is 47.9 Å². The number of hydrogen-bond donors (Lipinski definition) is 1. The molecular formula is C21H23BFN2O6S. The molecule has 8 nitrogen and oxygen atoms in total. The van der Waals surface area contributed by atoms with Crippen LogP contribution in [0.25, 0.3) is 22.2 Å². The van der Waals surface area contributed by atoms with E-state index in [9.17, 15) is 17.6 Å². The van der Waals surface area contributed by atoms with E-state index >= 15 is 0 Å². The van der Waals surface area contributed by atoms with E-state index in [-0.39, 0.29) is 18.1 Å². The molecule has 0 unspecified atom stereocenters. The Morgan fingerprint density at radius 2 is 1.97 bits per heavy atom. The van der Waals surface area contributed by atoms with Crippen LogP contribution in [0, 0.1) is 5.82 Å². The van der Waals surface area contributed by atoms with Crippen molar-refractivity contribution in [1.29, 1.82) is 0 Å². The minimum absolute atomic E-state index is 0.0142. The van der Waals surface area contributed by atoms with Crippen LogP contribution in [0.1, 0.15) is 26.3 Å². The molecule has 0 spiro atoms. The Morgan fingerprint density at radius 1 is 1.25 bits per heavy atom. The van der Waals surface area contributed by atoms with Gasteiger partial charge in [-0.3, -0.25) is 4.98 Å². The second-order valence-electron chi connectivity index (χ2n) is 8.34. The topological polar surface area (TPSA) is 108 Å². The van der Waals surface area contributed by atoms with E-state index in [1.54, 1.807) is 32.9 Å². The monoisotopic (exact) mass is 461 g/mol. The third kappa shape index (κ3) is 5.66. The van der Waals surface area contributed by atoms with E-state index in [1.807, 2.05) is 0 Å². The zero-order valence-electron chi connectivity index (χ0n) is 18.1. The molecule has 32 heavy (non-hydrogen) atoms. The molecule has 1 radical (unpaired) electrons. The number of nitrogens with zero attached hydrogens (tertiary/aromatic N) is 2. The zero-order valence-corrected chi connectivity index (χ0v) is 18.9. The lowest BCUT2D eigenvalue weighted by Crippen LogP contribution is -2.27. The molecule has 0 saturated carbocycles. The normalized spacial score (nSPS) is 12.1. The summed E-state index contributed by atoms with van der Waals surface area (Å²) in [5.41, 5.74) is 0.854. The molecule has 1 aromatic carbocycles. The number of aromatic nitrogens is 2. The summed E-state index contributed by atoms with van der Waals surface area (Å²) in [5.74, 6) is -0.677. The van der Waals surface area contributed by atoms with Gasteiger partial charge in [0.2, 0.25) is 0 Å². The number of sulfone groups is 1. The summed E-state index contributed by atoms with van der Waals surface area (Å²) >= 11 is 0. The Morgan fingerprint density at radius 3 is 2.59 bits per heavy atom. The Bertz CT molecular complexity index is 1270. The summed E-state index contributed by atoms with van der Waals surface area (Å²) < 4.78 is 49.0. The number of rotatable bonds is 6. The average Bonchev–Trinajstić information content (AvgIpc) is 3.02. The number of carbonyl (C=O) groups excluding carboxylic acids is 1. The number of benzene rings is 1. The molecule has 0 aliphatic rings. The van der Waals surface area contributed by atoms with Crippen LogP contribution in [-0.2, 0) is 21.0 Å². The number of hydrogen-bond acceptors (Lipinski definition) is 7. The molecule has 3 aromatic rings. The summed E-state index contributed by atoms with van der Waals surface area (Å²) in [6.45, 7) is 5.15. The lowest BCUT2D eigenvalue weighted by atomic mass is 10.0. The molecule has 0 atom stereocenters. The first-order valence-corrected chi connectivity index (χ1v) is 11.8. The molecule has 169 valence electrons. The highest BCUT2D eigenvalue weighted by molar-refractivity contribution is 7.90. The maximum absolute atomic E-state index is 14.3. The molecule has 0 aliphatic heterocycles. The number of aryl methyl sites for hydroxylation is 1. The van der Waals surface area contributed by atoms with Gasteiger partial charge in [0.15, 0.2) is 5.88 Å². The van der Waals surface area contributed by atoms with Crippen LogP contribution in [-0.4, -0.2) is 54.4 Å². The first-order valence-electron chi connectivity index (χ1n) is 9.72. The van der Waals surface area contributed by atoms with Crippen LogP contribution < -0.4 is 4.65 Å². The molecule has 2 aromatic heterocycles. The predicted octanol–water partition coefficient (Wildman–Crippen LogP) is 3.12. The van der Waals surface area contributed by atoms with Gasteiger partial charge in [0.1, 0.15) is 21.3 Å². The summed E-state index contributed by atoms with van der Waals surface area (Å²) in [4.78, 5) is 17.1. The second-order valence-corrected chi connectivity index (χ2v) is 10.6. The molecular weight excluding hydrogens is 438 g/mol. The van der Waals surface area contributed by atoms with E-state index < -0.39 is 27.3 Å². The van der Waals surface area contributed by atoms with E-state index in [2.05, 4.69) is 4.98 Å². The SMILES string of the molecule is CC(C)(C)OC(=O)n1c(O[B]O)cc2c(-c3cc(F)cc(CCS(C)(=O)=O)c3)nccc21. The van der Waals surface area contributed by atoms with E-state index in [1.165, 1.54) is 24.4 Å². The van der Waals surface area contributed by atoms with Crippen LogP contribution in [0.5, 0.6) is 5.88 Å². The summed E-state index contributed by atoms with van der Waals surface area (Å²) in [6.07, 6.45) is 1.99. The standard InChI is InChI=1S/C21H23BFN2O6S/c1-21(2,3)30-20(26)25-17-5-7-24-19(16(17)12-18(25)31-22-27)14-9-13(10-15(23)11-14)6-8-32(4,28)29/h5,7,9-12,27H,6,8H2,1-4H3. The van der Waals surface area contributed by atoms with Crippen LogP contribution in [0.3, 0.4) is 0 Å². The van der Waals surface area contributed by atoms with Gasteiger partial charge in [-0.2, -0.15) is 0 Å². The molecule has 0 aliphatic carbocycles. The number of halogens is 1. The third-order valence-corrected chi connectivity index (χ3v) is 5.38. The Kier molecular flexibility index (Phi) is 6.61. The van der Waals surface area contributed by atoms with Crippen LogP contribution in [0.15, 0.2) is 36.5 Å². The largest absolute Gasteiger partial charge is 0.570 e. The lowest BCUT2D eigenvalue weighted by Gasteiger charge is -2.20. The fourth-order valence-electron chi connectivity index (χ4n) is 3.21. The quantitative estimate of drug-likeness (QED) is 0.562. The first-order chi connectivity index (χ1) is 14.9. The van der Waals surface area contributed by atoms with Gasteiger partial charge in [0.25, 0.3) is 0 Å². The van der Waals surface area contributed by atoms with Crippen molar-refractivity contribution in [2.24, 2.45) is 0 Å². The van der Waals surface area contributed by atoms with Gasteiger partial charge in [-0.25, -0.2) is 22.2 Å². The van der Waals surface area contributed by atoms with Crippen molar-refractivity contribution in [2.75, 3.05) is 12.0 Å². The van der Waals surface area contributed by atoms with Crippen molar-refractivity contribution in [3.63, 3.8) is 0 Å². The fourth-order valence-corrected chi connectivity index (χ4v) is 3.81. The Labute approximate surface area is 186 Å². The van der Waals surface area contributed by atoms with Crippen LogP contribution in [0.2, 0.25) is 0 Å². The Hall–Kier alpha value is -2.92. The van der Waals surface area contributed by atoms with E-state index in [0.717, 1.165) is 10.8 Å². The third-order valence-electron chi connectivity index (χ3n) is 4.44. The van der Waals surface area contributed by atoms with E-state index in [4.69, 9.17) is 14.4 Å². The van der Waals surface area contributed by atoms with Gasteiger partial charge < -0.3 is 14.4 Å². The van der Waals surface area contributed by atoms with Gasteiger partial charge in [0.05, 0.1) is 17.0 Å². The molecule has 2 heterocycles. The summed E-state index contributed by atoms with van der Waals surface area (Å²) in [6, 6.07) is 7.25. The van der Waals surface area contributed by atoms with Gasteiger partial charge in [0, 0.05) is 29.5 Å². The molecule has 0 amide bonds. The van der Waals surface area contributed by atoms with Crippen molar-refractivity contribution in [2.45, 2.75) is 32.8 Å². The Balaban J connectivity index is 2.14. The van der Waals surface area contributed by atoms with Crippen molar-refractivity contribution >= 4 is 34.5 Å². The molecule has 11 heteroatoms. The highest BCUT2D eigenvalue weighted by Crippen LogP contribution is 2.34. The van der Waals surface area contributed by atoms with Crippen molar-refractivity contribution in [3.8, 4) is 17.1 Å². The fraction of sp³-hybridized carbons (Fsp3) is 0.333. The first kappa shape index (κ1) is 23.7. The van der Waals surface area contributed by atoms with Gasteiger partial charge in [-0.05, 0) is 57.0 Å². The maximum atomic E-state index is 14.3. The number of pyridine rings is 1. The molecule has 1 N–H and O–H groups in total. The molecule has 3 rings (SSSR count). The highest BCUT2D eigenvalue weighted by Gasteiger charge is 2.24. The lowest BCUT2D eigenvalue weighted by molar-refractivity contribution is 0.0537. The molecule has 0 saturated heterocycles. The van der Waals surface area contributed by atoms with Gasteiger partial charge in [-0.15, -0.1) is 0 Å². The van der Waals surface area contributed by atoms with Crippen LogP contribution >= 0.6 is 0 Å². The minimum atomic E-state index is -3.22. The van der Waals surface area contributed by atoms with E-state index in [0.29, 0.717) is 35.4 Å². The highest BCUT2D eigenvalue weighted by atomic mass is 32.2. The number of fused-ring (bicyclic) bond motifs is 1. The number of carbonyl (C=O) groups is 1. The smallest absolute Gasteiger partial charge is 0.524 e. The maximum Gasteiger partial charge on any atom is 0.570 e. The number of ether oxygens (including phenoxy) is 1. The zero-order chi connectivity index (χ0) is 23.7. The van der Waals surface area contributed by atoms with Crippen LogP contribution in [0.4, 0.5) is 9.18 Å². The van der Waals surface area contributed by atoms with Gasteiger partial charge in [-0.1, -0.05) is 0 Å². The molecule has 0 bridgehead atoms. The second kappa shape index (κ2) is 8.91. The summed E-state index contributed by atoms with van der Waals surface area (Å²) in [7, 11) is -2.78. The molecule has 0 fully saturated rings. The minimum Gasteiger partial charge on any atom is -0.524 e. The van der Waals surface area contributed by atoms with Gasteiger partial charge >= 0.3 is 13.8 Å². The summed E-state index contributed by atoms with van der Waals surface area (Å²) in [5, 5.41) is 9.59. The van der Waals surface area contributed by atoms with Crippen molar-refractivity contribution in [1.82, 2.24) is 9.55 Å². The average molecular weight is 461 g/mol. The predicted molar refractivity (Wildman–Crippen MR) is 119 cm³/mol.